The number of aryl methyl sites for hydroxylation is 3. The van der Waals surface area contributed by atoms with Crippen LogP contribution in [0.3, 0.4) is 0 Å². The highest BCUT2D eigenvalue weighted by atomic mass is 35.5. The molecule has 0 atom stereocenters. The van der Waals surface area contributed by atoms with Gasteiger partial charge in [-0.25, -0.2) is 0 Å². The van der Waals surface area contributed by atoms with Crippen molar-refractivity contribution >= 4 is 17.5 Å². The number of H-pyrrole nitrogens is 1. The molecule has 0 saturated heterocycles. The van der Waals surface area contributed by atoms with E-state index in [4.69, 9.17) is 11.6 Å². The molecule has 2 aromatic rings. The van der Waals surface area contributed by atoms with Gasteiger partial charge in [-0.1, -0.05) is 11.6 Å². The molecule has 2 rings (SSSR count). The highest BCUT2D eigenvalue weighted by Crippen LogP contribution is 2.15. The molecule has 2 N–H and O–H groups in total. The molecule has 2 heterocycles. The number of carbonyl (C=O) groups excluding carboxylic acids is 1. The first-order chi connectivity index (χ1) is 9.58. The first-order valence-electron chi connectivity index (χ1n) is 6.47. The summed E-state index contributed by atoms with van der Waals surface area (Å²) < 4.78 is 0. The summed E-state index contributed by atoms with van der Waals surface area (Å²) in [7, 11) is 0. The fourth-order valence-corrected chi connectivity index (χ4v) is 2.19. The summed E-state index contributed by atoms with van der Waals surface area (Å²) in [6, 6.07) is 1.69. The number of carbonyl (C=O) groups is 1. The molecule has 0 aliphatic carbocycles. The van der Waals surface area contributed by atoms with Crippen molar-refractivity contribution in [3.05, 3.63) is 46.0 Å². The predicted octanol–water partition coefficient (Wildman–Crippen LogP) is 2.44. The van der Waals surface area contributed by atoms with E-state index < -0.39 is 0 Å². The first-order valence-corrected chi connectivity index (χ1v) is 6.85. The molecule has 0 aromatic carbocycles. The first kappa shape index (κ1) is 14.5. The van der Waals surface area contributed by atoms with Crippen LogP contribution in [-0.2, 0) is 6.42 Å². The molecular weight excluding hydrogens is 276 g/mol. The number of aromatic nitrogens is 3. The van der Waals surface area contributed by atoms with Gasteiger partial charge in [-0.05, 0) is 38.3 Å². The second kappa shape index (κ2) is 6.52. The third-order valence-corrected chi connectivity index (χ3v) is 3.39. The smallest absolute Gasteiger partial charge is 0.254 e. The second-order valence-electron chi connectivity index (χ2n) is 4.69. The monoisotopic (exact) mass is 292 g/mol. The van der Waals surface area contributed by atoms with Gasteiger partial charge in [0, 0.05) is 24.1 Å². The number of nitrogens with one attached hydrogen (secondary N) is 2. The van der Waals surface area contributed by atoms with E-state index in [0.717, 1.165) is 24.2 Å². The lowest BCUT2D eigenvalue weighted by Crippen LogP contribution is -2.25. The van der Waals surface area contributed by atoms with Crippen LogP contribution in [0.5, 0.6) is 0 Å². The van der Waals surface area contributed by atoms with Crippen molar-refractivity contribution in [1.29, 1.82) is 0 Å². The van der Waals surface area contributed by atoms with Crippen LogP contribution < -0.4 is 5.32 Å². The molecule has 6 heteroatoms. The Hall–Kier alpha value is -1.88. The Bertz CT molecular complexity index is 609. The number of rotatable bonds is 5. The Morgan fingerprint density at radius 2 is 2.20 bits per heavy atom. The number of amides is 1. The maximum Gasteiger partial charge on any atom is 0.254 e. The zero-order chi connectivity index (χ0) is 14.5. The van der Waals surface area contributed by atoms with Crippen LogP contribution >= 0.6 is 11.6 Å². The van der Waals surface area contributed by atoms with Crippen LogP contribution in [0.4, 0.5) is 0 Å². The van der Waals surface area contributed by atoms with Crippen molar-refractivity contribution in [2.24, 2.45) is 0 Å². The van der Waals surface area contributed by atoms with Crippen LogP contribution in [-0.4, -0.2) is 27.6 Å². The molecular formula is C14H17ClN4O. The maximum absolute atomic E-state index is 12.0. The van der Waals surface area contributed by atoms with E-state index in [2.05, 4.69) is 20.5 Å². The maximum atomic E-state index is 12.0. The van der Waals surface area contributed by atoms with Gasteiger partial charge in [0.05, 0.1) is 16.8 Å². The predicted molar refractivity (Wildman–Crippen MR) is 78.0 cm³/mol. The summed E-state index contributed by atoms with van der Waals surface area (Å²) in [5, 5.41) is 10.1. The highest BCUT2D eigenvalue weighted by molar-refractivity contribution is 6.33. The topological polar surface area (TPSA) is 70.7 Å². The average Bonchev–Trinajstić information content (AvgIpc) is 2.80. The van der Waals surface area contributed by atoms with Gasteiger partial charge in [-0.15, -0.1) is 0 Å². The highest BCUT2D eigenvalue weighted by Gasteiger charge is 2.10. The van der Waals surface area contributed by atoms with Gasteiger partial charge >= 0.3 is 0 Å². The summed E-state index contributed by atoms with van der Waals surface area (Å²) in [5.41, 5.74) is 3.45. The lowest BCUT2D eigenvalue weighted by molar-refractivity contribution is 0.0953. The van der Waals surface area contributed by atoms with Crippen LogP contribution in [0.25, 0.3) is 0 Å². The lowest BCUT2D eigenvalue weighted by atomic mass is 10.1. The van der Waals surface area contributed by atoms with Gasteiger partial charge in [-0.3, -0.25) is 14.9 Å². The molecule has 0 spiro atoms. The molecule has 0 bridgehead atoms. The van der Waals surface area contributed by atoms with Crippen molar-refractivity contribution in [2.75, 3.05) is 6.54 Å². The molecule has 0 unspecified atom stereocenters. The summed E-state index contributed by atoms with van der Waals surface area (Å²) in [6.07, 6.45) is 5.05. The van der Waals surface area contributed by atoms with Crippen LogP contribution in [0, 0.1) is 13.8 Å². The Kier molecular flexibility index (Phi) is 4.74. The van der Waals surface area contributed by atoms with Crippen molar-refractivity contribution < 1.29 is 4.79 Å². The van der Waals surface area contributed by atoms with Crippen molar-refractivity contribution in [2.45, 2.75) is 26.7 Å². The molecule has 0 aliphatic heterocycles. The van der Waals surface area contributed by atoms with Gasteiger partial charge in [0.15, 0.2) is 0 Å². The normalized spacial score (nSPS) is 10.6. The second-order valence-corrected chi connectivity index (χ2v) is 5.09. The Balaban J connectivity index is 1.82. The van der Waals surface area contributed by atoms with E-state index in [-0.39, 0.29) is 5.91 Å². The van der Waals surface area contributed by atoms with Gasteiger partial charge in [0.25, 0.3) is 5.91 Å². The van der Waals surface area contributed by atoms with E-state index in [0.29, 0.717) is 17.1 Å². The van der Waals surface area contributed by atoms with Gasteiger partial charge in [0.2, 0.25) is 0 Å². The third-order valence-electron chi connectivity index (χ3n) is 3.08. The summed E-state index contributed by atoms with van der Waals surface area (Å²) in [6.45, 7) is 4.41. The van der Waals surface area contributed by atoms with E-state index in [1.54, 1.807) is 6.07 Å². The molecule has 0 saturated carbocycles. The Morgan fingerprint density at radius 3 is 2.85 bits per heavy atom. The molecule has 0 fully saturated rings. The average molecular weight is 293 g/mol. The summed E-state index contributed by atoms with van der Waals surface area (Å²) in [4.78, 5) is 16.0. The molecule has 0 aliphatic rings. The minimum atomic E-state index is -0.189. The fraction of sp³-hybridized carbons (Fsp3) is 0.357. The standard InChI is InChI=1S/C14H17ClN4O/c1-9-6-13(15)12(8-17-9)14(20)16-5-3-4-11-7-18-19-10(11)2/h6-8H,3-5H2,1-2H3,(H,16,20)(H,18,19). The van der Waals surface area contributed by atoms with Crippen molar-refractivity contribution in [3.63, 3.8) is 0 Å². The lowest BCUT2D eigenvalue weighted by Gasteiger charge is -2.06. The summed E-state index contributed by atoms with van der Waals surface area (Å²) >= 11 is 6.03. The molecule has 1 amide bonds. The molecule has 106 valence electrons. The van der Waals surface area contributed by atoms with Crippen LogP contribution in [0.2, 0.25) is 5.02 Å². The number of halogens is 1. The van der Waals surface area contributed by atoms with Crippen molar-refractivity contribution in [3.8, 4) is 0 Å². The van der Waals surface area contributed by atoms with E-state index in [9.17, 15) is 4.79 Å². The third kappa shape index (κ3) is 3.57. The zero-order valence-corrected chi connectivity index (χ0v) is 12.3. The quantitative estimate of drug-likeness (QED) is 0.832. The zero-order valence-electron chi connectivity index (χ0n) is 11.5. The van der Waals surface area contributed by atoms with Gasteiger partial charge < -0.3 is 5.32 Å². The van der Waals surface area contributed by atoms with Gasteiger partial charge in [-0.2, -0.15) is 5.10 Å². The largest absolute Gasteiger partial charge is 0.352 e. The van der Waals surface area contributed by atoms with Gasteiger partial charge in [0.1, 0.15) is 0 Å². The SMILES string of the molecule is Cc1cc(Cl)c(C(=O)NCCCc2cn[nH]c2C)cn1. The number of nitrogens with zero attached hydrogens (tertiary/aromatic N) is 2. The van der Waals surface area contributed by atoms with Crippen molar-refractivity contribution in [1.82, 2.24) is 20.5 Å². The molecule has 2 aromatic heterocycles. The number of pyridine rings is 1. The van der Waals surface area contributed by atoms with Crippen LogP contribution in [0.1, 0.15) is 33.7 Å². The number of hydrogen-bond acceptors (Lipinski definition) is 3. The van der Waals surface area contributed by atoms with E-state index in [1.807, 2.05) is 20.0 Å². The molecule has 20 heavy (non-hydrogen) atoms. The fourth-order valence-electron chi connectivity index (χ4n) is 1.90. The molecule has 0 radical (unpaired) electrons. The summed E-state index contributed by atoms with van der Waals surface area (Å²) in [5.74, 6) is -0.189. The Morgan fingerprint density at radius 1 is 1.40 bits per heavy atom. The van der Waals surface area contributed by atoms with Crippen LogP contribution in [0.15, 0.2) is 18.5 Å². The minimum Gasteiger partial charge on any atom is -0.352 e. The minimum absolute atomic E-state index is 0.189. The number of hydrogen-bond donors (Lipinski definition) is 2. The Labute approximate surface area is 122 Å². The molecule has 5 nitrogen and oxygen atoms in total. The van der Waals surface area contributed by atoms with E-state index >= 15 is 0 Å². The van der Waals surface area contributed by atoms with E-state index in [1.165, 1.54) is 11.8 Å². The number of aromatic amines is 1.